The maximum absolute atomic E-state index is 13.1. The first kappa shape index (κ1) is 23.3. The highest BCUT2D eigenvalue weighted by Crippen LogP contribution is 2.28. The van der Waals surface area contributed by atoms with Crippen molar-refractivity contribution < 1.29 is 31.9 Å². The Morgan fingerprint density at radius 2 is 1.77 bits per heavy atom. The molecule has 1 aliphatic heterocycles. The van der Waals surface area contributed by atoms with E-state index in [4.69, 9.17) is 20.8 Å². The minimum atomic E-state index is -3.83. The van der Waals surface area contributed by atoms with Crippen LogP contribution in [0, 0.1) is 6.92 Å². The van der Waals surface area contributed by atoms with Gasteiger partial charge in [0.1, 0.15) is 28.6 Å². The van der Waals surface area contributed by atoms with E-state index in [9.17, 15) is 18.0 Å². The molecule has 8 nitrogen and oxygen atoms in total. The standard InChI is InChI=1S/C21H24ClNO7S/c1-14-17(21(25)28-2)12-16(30-14)13-29-20(24)15-7-8-18(22)19(11-15)31(26,27)23-9-5-3-4-6-10-23/h7-8,11-12H,3-6,9-10,13H2,1-2H3. The fourth-order valence-corrected chi connectivity index (χ4v) is 5.41. The second-order valence-corrected chi connectivity index (χ2v) is 9.53. The van der Waals surface area contributed by atoms with Crippen LogP contribution in [0.2, 0.25) is 5.02 Å². The van der Waals surface area contributed by atoms with Crippen molar-refractivity contribution in [3.8, 4) is 0 Å². The monoisotopic (exact) mass is 469 g/mol. The van der Waals surface area contributed by atoms with Crippen LogP contribution in [0.4, 0.5) is 0 Å². The molecule has 2 aromatic rings. The quantitative estimate of drug-likeness (QED) is 0.590. The van der Waals surface area contributed by atoms with Crippen molar-refractivity contribution in [2.45, 2.75) is 44.1 Å². The molecule has 168 valence electrons. The Bertz CT molecular complexity index is 1070. The van der Waals surface area contributed by atoms with E-state index in [1.165, 1.54) is 35.7 Å². The molecule has 3 rings (SSSR count). The third-order valence-electron chi connectivity index (χ3n) is 5.07. The van der Waals surface area contributed by atoms with E-state index in [1.807, 2.05) is 0 Å². The van der Waals surface area contributed by atoms with Gasteiger partial charge in [-0.05, 0) is 44.0 Å². The normalized spacial score (nSPS) is 15.3. The number of ether oxygens (including phenoxy) is 2. The number of furan rings is 1. The maximum atomic E-state index is 13.1. The number of sulfonamides is 1. The van der Waals surface area contributed by atoms with Crippen molar-refractivity contribution in [3.63, 3.8) is 0 Å². The van der Waals surface area contributed by atoms with E-state index in [0.29, 0.717) is 18.8 Å². The van der Waals surface area contributed by atoms with Gasteiger partial charge in [0, 0.05) is 13.1 Å². The Morgan fingerprint density at radius 3 is 2.42 bits per heavy atom. The van der Waals surface area contributed by atoms with Gasteiger partial charge in [-0.3, -0.25) is 0 Å². The average Bonchev–Trinajstić information content (AvgIpc) is 2.94. The number of aryl methyl sites for hydroxylation is 1. The minimum absolute atomic E-state index is 0.0465. The molecule has 10 heteroatoms. The lowest BCUT2D eigenvalue weighted by atomic mass is 10.2. The van der Waals surface area contributed by atoms with Crippen molar-refractivity contribution >= 4 is 33.6 Å². The zero-order valence-corrected chi connectivity index (χ0v) is 18.9. The van der Waals surface area contributed by atoms with E-state index in [2.05, 4.69) is 4.74 Å². The van der Waals surface area contributed by atoms with Crippen molar-refractivity contribution in [1.29, 1.82) is 0 Å². The summed E-state index contributed by atoms with van der Waals surface area (Å²) in [7, 11) is -2.57. The van der Waals surface area contributed by atoms with Crippen molar-refractivity contribution in [2.75, 3.05) is 20.2 Å². The number of benzene rings is 1. The Balaban J connectivity index is 1.76. The highest BCUT2D eigenvalue weighted by Gasteiger charge is 2.28. The van der Waals surface area contributed by atoms with Gasteiger partial charge in [-0.15, -0.1) is 0 Å². The summed E-state index contributed by atoms with van der Waals surface area (Å²) < 4.78 is 42.9. The Morgan fingerprint density at radius 1 is 1.10 bits per heavy atom. The SMILES string of the molecule is COC(=O)c1cc(COC(=O)c2ccc(Cl)c(S(=O)(=O)N3CCCCCC3)c2)oc1C. The molecule has 1 aromatic carbocycles. The van der Waals surface area contributed by atoms with Gasteiger partial charge in [-0.25, -0.2) is 18.0 Å². The summed E-state index contributed by atoms with van der Waals surface area (Å²) in [4.78, 5) is 24.1. The summed E-state index contributed by atoms with van der Waals surface area (Å²) in [5, 5.41) is 0.0465. The maximum Gasteiger partial charge on any atom is 0.341 e. The molecule has 0 amide bonds. The van der Waals surface area contributed by atoms with Crippen LogP contribution in [0.15, 0.2) is 33.6 Å². The predicted molar refractivity (Wildman–Crippen MR) is 113 cm³/mol. The number of nitrogens with zero attached hydrogens (tertiary/aromatic N) is 1. The van der Waals surface area contributed by atoms with Gasteiger partial charge in [0.05, 0.1) is 17.7 Å². The first-order valence-electron chi connectivity index (χ1n) is 9.88. The lowest BCUT2D eigenvalue weighted by molar-refractivity contribution is 0.0443. The zero-order valence-electron chi connectivity index (χ0n) is 17.4. The van der Waals surface area contributed by atoms with Gasteiger partial charge in [0.15, 0.2) is 0 Å². The van der Waals surface area contributed by atoms with Crippen LogP contribution >= 0.6 is 11.6 Å². The van der Waals surface area contributed by atoms with Crippen LogP contribution < -0.4 is 0 Å². The topological polar surface area (TPSA) is 103 Å². The molecule has 1 aromatic heterocycles. The molecule has 0 bridgehead atoms. The number of methoxy groups -OCH3 is 1. The molecular weight excluding hydrogens is 446 g/mol. The summed E-state index contributed by atoms with van der Waals surface area (Å²) >= 11 is 6.17. The number of carbonyl (C=O) groups excluding carboxylic acids is 2. The summed E-state index contributed by atoms with van der Waals surface area (Å²) in [6, 6.07) is 5.44. The molecule has 2 heterocycles. The summed E-state index contributed by atoms with van der Waals surface area (Å²) in [6.45, 7) is 2.21. The molecule has 31 heavy (non-hydrogen) atoms. The van der Waals surface area contributed by atoms with E-state index in [0.717, 1.165) is 25.7 Å². The first-order chi connectivity index (χ1) is 14.7. The van der Waals surface area contributed by atoms with Crippen molar-refractivity contribution in [1.82, 2.24) is 4.31 Å². The highest BCUT2D eigenvalue weighted by molar-refractivity contribution is 7.89. The molecule has 0 aliphatic carbocycles. The van der Waals surface area contributed by atoms with Gasteiger partial charge in [-0.2, -0.15) is 4.31 Å². The molecule has 0 N–H and O–H groups in total. The highest BCUT2D eigenvalue weighted by atomic mass is 35.5. The van der Waals surface area contributed by atoms with E-state index >= 15 is 0 Å². The molecule has 1 fully saturated rings. The summed E-state index contributed by atoms with van der Waals surface area (Å²) in [5.74, 6) is -0.689. The van der Waals surface area contributed by atoms with Crippen LogP contribution in [-0.4, -0.2) is 44.9 Å². The average molecular weight is 470 g/mol. The third kappa shape index (κ3) is 5.28. The Hall–Kier alpha value is -2.36. The number of esters is 2. The first-order valence-corrected chi connectivity index (χ1v) is 11.7. The summed E-state index contributed by atoms with van der Waals surface area (Å²) in [6.07, 6.45) is 3.54. The minimum Gasteiger partial charge on any atom is -0.465 e. The molecule has 0 spiro atoms. The van der Waals surface area contributed by atoms with Gasteiger partial charge in [0.25, 0.3) is 0 Å². The van der Waals surface area contributed by atoms with E-state index in [1.54, 1.807) is 6.92 Å². The van der Waals surface area contributed by atoms with Crippen LogP contribution in [0.5, 0.6) is 0 Å². The van der Waals surface area contributed by atoms with Gasteiger partial charge in [0.2, 0.25) is 10.0 Å². The molecule has 1 aliphatic rings. The number of rotatable bonds is 6. The molecule has 0 radical (unpaired) electrons. The summed E-state index contributed by atoms with van der Waals surface area (Å²) in [5.41, 5.74) is 0.292. The fourth-order valence-electron chi connectivity index (χ4n) is 3.40. The van der Waals surface area contributed by atoms with E-state index < -0.39 is 22.0 Å². The van der Waals surface area contributed by atoms with Gasteiger partial charge in [-0.1, -0.05) is 24.4 Å². The Kier molecular flexibility index (Phi) is 7.40. The number of hydrogen-bond donors (Lipinski definition) is 0. The number of hydrogen-bond acceptors (Lipinski definition) is 7. The lowest BCUT2D eigenvalue weighted by Crippen LogP contribution is -2.32. The van der Waals surface area contributed by atoms with Gasteiger partial charge < -0.3 is 13.9 Å². The molecular formula is C21H24ClNO7S. The molecule has 1 saturated heterocycles. The molecule has 0 atom stereocenters. The van der Waals surface area contributed by atoms with Crippen LogP contribution in [-0.2, 0) is 26.1 Å². The van der Waals surface area contributed by atoms with Crippen LogP contribution in [0.3, 0.4) is 0 Å². The number of carbonyl (C=O) groups is 2. The zero-order chi connectivity index (χ0) is 22.6. The molecule has 0 saturated carbocycles. The fraction of sp³-hybridized carbons (Fsp3) is 0.429. The molecule has 0 unspecified atom stereocenters. The smallest absolute Gasteiger partial charge is 0.341 e. The largest absolute Gasteiger partial charge is 0.465 e. The number of halogens is 1. The Labute approximate surface area is 186 Å². The van der Waals surface area contributed by atoms with E-state index in [-0.39, 0.29) is 33.4 Å². The van der Waals surface area contributed by atoms with Crippen molar-refractivity contribution in [3.05, 3.63) is 51.9 Å². The predicted octanol–water partition coefficient (Wildman–Crippen LogP) is 3.95. The van der Waals surface area contributed by atoms with Crippen LogP contribution in [0.1, 0.15) is 57.9 Å². The second-order valence-electron chi connectivity index (χ2n) is 7.21. The van der Waals surface area contributed by atoms with Gasteiger partial charge >= 0.3 is 11.9 Å². The third-order valence-corrected chi connectivity index (χ3v) is 7.45. The van der Waals surface area contributed by atoms with Crippen LogP contribution in [0.25, 0.3) is 0 Å². The second kappa shape index (κ2) is 9.84. The lowest BCUT2D eigenvalue weighted by Gasteiger charge is -2.21. The van der Waals surface area contributed by atoms with Crippen molar-refractivity contribution in [2.24, 2.45) is 0 Å².